The van der Waals surface area contributed by atoms with Crippen molar-refractivity contribution in [2.24, 2.45) is 0 Å². The molecule has 0 fully saturated rings. The molecule has 0 bridgehead atoms. The van der Waals surface area contributed by atoms with Gasteiger partial charge in [-0.15, -0.1) is 11.6 Å². The first kappa shape index (κ1) is 14.7. The maximum Gasteiger partial charge on any atom is 0.0991 e. The van der Waals surface area contributed by atoms with Crippen LogP contribution in [0.15, 0.2) is 42.5 Å². The van der Waals surface area contributed by atoms with E-state index in [1.54, 1.807) is 6.07 Å². The van der Waals surface area contributed by atoms with Crippen molar-refractivity contribution in [3.63, 3.8) is 0 Å². The lowest BCUT2D eigenvalue weighted by Gasteiger charge is -2.22. The summed E-state index contributed by atoms with van der Waals surface area (Å²) in [4.78, 5) is 2.08. The highest BCUT2D eigenvalue weighted by molar-refractivity contribution is 6.32. The van der Waals surface area contributed by atoms with Crippen molar-refractivity contribution < 1.29 is 0 Å². The second kappa shape index (κ2) is 6.65. The van der Waals surface area contributed by atoms with Crippen LogP contribution in [0.25, 0.3) is 0 Å². The molecule has 0 aliphatic heterocycles. The molecule has 0 spiro atoms. The third-order valence-corrected chi connectivity index (χ3v) is 3.74. The Labute approximate surface area is 129 Å². The smallest absolute Gasteiger partial charge is 0.0991 e. The van der Waals surface area contributed by atoms with Gasteiger partial charge in [0, 0.05) is 29.9 Å². The first-order valence-corrected chi connectivity index (χ1v) is 7.10. The lowest BCUT2D eigenvalue weighted by Crippen LogP contribution is -2.18. The summed E-state index contributed by atoms with van der Waals surface area (Å²) in [5.41, 5.74) is 3.68. The van der Waals surface area contributed by atoms with Crippen LogP contribution >= 0.6 is 23.2 Å². The second-order valence-electron chi connectivity index (χ2n) is 4.54. The van der Waals surface area contributed by atoms with E-state index in [2.05, 4.69) is 11.0 Å². The quantitative estimate of drug-likeness (QED) is 0.773. The van der Waals surface area contributed by atoms with E-state index in [1.807, 2.05) is 43.4 Å². The summed E-state index contributed by atoms with van der Waals surface area (Å²) < 4.78 is 0. The molecule has 2 rings (SSSR count). The third-order valence-electron chi connectivity index (χ3n) is 3.11. The Morgan fingerprint density at radius 3 is 2.65 bits per heavy atom. The van der Waals surface area contributed by atoms with Crippen molar-refractivity contribution in [2.45, 2.75) is 12.4 Å². The summed E-state index contributed by atoms with van der Waals surface area (Å²) in [6, 6.07) is 15.5. The van der Waals surface area contributed by atoms with Crippen LogP contribution in [0.4, 0.5) is 5.69 Å². The molecule has 0 atom stereocenters. The number of nitrogens with zero attached hydrogens (tertiary/aromatic N) is 2. The van der Waals surface area contributed by atoms with Crippen LogP contribution in [0, 0.1) is 11.3 Å². The van der Waals surface area contributed by atoms with Crippen LogP contribution in [0.3, 0.4) is 0 Å². The van der Waals surface area contributed by atoms with Crippen molar-refractivity contribution in [2.75, 3.05) is 11.9 Å². The van der Waals surface area contributed by atoms with Crippen molar-refractivity contribution in [1.82, 2.24) is 0 Å². The number of halogens is 2. The first-order chi connectivity index (χ1) is 9.65. The Morgan fingerprint density at radius 2 is 1.95 bits per heavy atom. The Bertz CT molecular complexity index is 647. The molecule has 0 aromatic heterocycles. The zero-order valence-electron chi connectivity index (χ0n) is 11.1. The number of hydrogen-bond donors (Lipinski definition) is 0. The standard InChI is InChI=1S/C16H14Cl2N2/c1-20(11-13-5-2-4-12(8-13)10-19)16-7-3-6-15(18)14(16)9-17/h2-8H,9,11H2,1H3. The van der Waals surface area contributed by atoms with Crippen molar-refractivity contribution in [3.8, 4) is 6.07 Å². The highest BCUT2D eigenvalue weighted by Gasteiger charge is 2.10. The van der Waals surface area contributed by atoms with E-state index in [-0.39, 0.29) is 0 Å². The zero-order chi connectivity index (χ0) is 14.5. The molecule has 4 heteroatoms. The van der Waals surface area contributed by atoms with E-state index in [0.29, 0.717) is 23.0 Å². The van der Waals surface area contributed by atoms with Gasteiger partial charge in [-0.2, -0.15) is 5.26 Å². The third kappa shape index (κ3) is 3.25. The van der Waals surface area contributed by atoms with Gasteiger partial charge in [0.05, 0.1) is 17.5 Å². The summed E-state index contributed by atoms with van der Waals surface area (Å²) in [5, 5.41) is 9.61. The van der Waals surface area contributed by atoms with Crippen LogP contribution in [0.5, 0.6) is 0 Å². The lowest BCUT2D eigenvalue weighted by atomic mass is 10.1. The molecule has 0 saturated carbocycles. The number of hydrogen-bond acceptors (Lipinski definition) is 2. The van der Waals surface area contributed by atoms with Crippen LogP contribution < -0.4 is 4.90 Å². The van der Waals surface area contributed by atoms with E-state index < -0.39 is 0 Å². The Kier molecular flexibility index (Phi) is 4.89. The summed E-state index contributed by atoms with van der Waals surface area (Å²) in [6.45, 7) is 0.694. The van der Waals surface area contributed by atoms with E-state index in [1.165, 1.54) is 0 Å². The van der Waals surface area contributed by atoms with Gasteiger partial charge in [-0.25, -0.2) is 0 Å². The molecule has 0 amide bonds. The van der Waals surface area contributed by atoms with Gasteiger partial charge >= 0.3 is 0 Å². The molecule has 102 valence electrons. The van der Waals surface area contributed by atoms with E-state index >= 15 is 0 Å². The van der Waals surface area contributed by atoms with Crippen molar-refractivity contribution in [1.29, 1.82) is 5.26 Å². The molecule has 0 unspecified atom stereocenters. The Morgan fingerprint density at radius 1 is 1.20 bits per heavy atom. The molecule has 0 heterocycles. The second-order valence-corrected chi connectivity index (χ2v) is 5.21. The normalized spacial score (nSPS) is 10.1. The molecular formula is C16H14Cl2N2. The van der Waals surface area contributed by atoms with Gasteiger partial charge < -0.3 is 4.90 Å². The Hall–Kier alpha value is -1.69. The molecule has 0 radical (unpaired) electrons. The molecule has 2 aromatic carbocycles. The molecule has 0 aliphatic carbocycles. The summed E-state index contributed by atoms with van der Waals surface area (Å²) in [7, 11) is 1.99. The molecule has 2 aromatic rings. The molecule has 0 aliphatic rings. The summed E-state index contributed by atoms with van der Waals surface area (Å²) in [5.74, 6) is 0.373. The Balaban J connectivity index is 2.26. The highest BCUT2D eigenvalue weighted by atomic mass is 35.5. The topological polar surface area (TPSA) is 27.0 Å². The fraction of sp³-hybridized carbons (Fsp3) is 0.188. The number of benzene rings is 2. The lowest BCUT2D eigenvalue weighted by molar-refractivity contribution is 0.915. The zero-order valence-corrected chi connectivity index (χ0v) is 12.6. The molecule has 0 N–H and O–H groups in total. The van der Waals surface area contributed by atoms with Crippen molar-refractivity contribution in [3.05, 3.63) is 64.2 Å². The molecule has 2 nitrogen and oxygen atoms in total. The van der Waals surface area contributed by atoms with E-state index in [9.17, 15) is 0 Å². The van der Waals surface area contributed by atoms with E-state index in [0.717, 1.165) is 16.8 Å². The van der Waals surface area contributed by atoms with Gasteiger partial charge in [0.15, 0.2) is 0 Å². The average molecular weight is 305 g/mol. The minimum absolute atomic E-state index is 0.373. The van der Waals surface area contributed by atoms with Crippen LogP contribution in [-0.4, -0.2) is 7.05 Å². The monoisotopic (exact) mass is 304 g/mol. The fourth-order valence-electron chi connectivity index (χ4n) is 2.14. The predicted octanol–water partition coefficient (Wildman–Crippen LogP) is 4.59. The fourth-order valence-corrected chi connectivity index (χ4v) is 2.72. The van der Waals surface area contributed by atoms with Gasteiger partial charge in [0.1, 0.15) is 0 Å². The predicted molar refractivity (Wildman–Crippen MR) is 84.3 cm³/mol. The number of nitriles is 1. The van der Waals surface area contributed by atoms with E-state index in [4.69, 9.17) is 28.5 Å². The first-order valence-electron chi connectivity index (χ1n) is 6.19. The van der Waals surface area contributed by atoms with Gasteiger partial charge in [-0.1, -0.05) is 29.8 Å². The van der Waals surface area contributed by atoms with Gasteiger partial charge in [-0.3, -0.25) is 0 Å². The number of anilines is 1. The summed E-state index contributed by atoms with van der Waals surface area (Å²) >= 11 is 12.1. The number of rotatable bonds is 4. The highest BCUT2D eigenvalue weighted by Crippen LogP contribution is 2.29. The maximum atomic E-state index is 8.93. The molecule has 20 heavy (non-hydrogen) atoms. The van der Waals surface area contributed by atoms with Gasteiger partial charge in [0.2, 0.25) is 0 Å². The minimum atomic E-state index is 0.373. The maximum absolute atomic E-state index is 8.93. The molecular weight excluding hydrogens is 291 g/mol. The summed E-state index contributed by atoms with van der Waals surface area (Å²) in [6.07, 6.45) is 0. The van der Waals surface area contributed by atoms with Crippen LogP contribution in [0.1, 0.15) is 16.7 Å². The van der Waals surface area contributed by atoms with Crippen LogP contribution in [-0.2, 0) is 12.4 Å². The minimum Gasteiger partial charge on any atom is -0.370 e. The van der Waals surface area contributed by atoms with Crippen LogP contribution in [0.2, 0.25) is 5.02 Å². The largest absolute Gasteiger partial charge is 0.370 e. The van der Waals surface area contributed by atoms with Gasteiger partial charge in [-0.05, 0) is 29.8 Å². The molecule has 0 saturated heterocycles. The van der Waals surface area contributed by atoms with Crippen molar-refractivity contribution >= 4 is 28.9 Å². The van der Waals surface area contributed by atoms with Gasteiger partial charge in [0.25, 0.3) is 0 Å². The number of alkyl halides is 1. The SMILES string of the molecule is CN(Cc1cccc(C#N)c1)c1cccc(Cl)c1CCl. The average Bonchev–Trinajstić information content (AvgIpc) is 2.47.